The first-order valence-corrected chi connectivity index (χ1v) is 9.67. The van der Waals surface area contributed by atoms with Crippen molar-refractivity contribution in [1.29, 1.82) is 0 Å². The predicted molar refractivity (Wildman–Crippen MR) is 104 cm³/mol. The standard InChI is InChI=1S/C20H21NO4.C2H6/c1-22-18-8-13-5-6-21-10-15-12(3-4-17-20(15)25-11-24-17)7-16(21)14(13)9-19(18)23-2;1-2/h3-4,8-9,16H,5-7,10-11H2,1-2H3;1-2H3. The fourth-order valence-electron chi connectivity index (χ4n) is 4.36. The highest BCUT2D eigenvalue weighted by Crippen LogP contribution is 2.46. The van der Waals surface area contributed by atoms with Crippen LogP contribution in [0.5, 0.6) is 23.0 Å². The van der Waals surface area contributed by atoms with Gasteiger partial charge >= 0.3 is 0 Å². The highest BCUT2D eigenvalue weighted by Gasteiger charge is 2.35. The maximum absolute atomic E-state index is 5.73. The van der Waals surface area contributed by atoms with Gasteiger partial charge in [0.1, 0.15) is 0 Å². The number of benzene rings is 2. The fourth-order valence-corrected chi connectivity index (χ4v) is 4.36. The summed E-state index contributed by atoms with van der Waals surface area (Å²) in [6.07, 6.45) is 2.00. The van der Waals surface area contributed by atoms with E-state index in [0.717, 1.165) is 48.9 Å². The molecule has 0 amide bonds. The van der Waals surface area contributed by atoms with Crippen LogP contribution in [0.1, 0.15) is 42.1 Å². The van der Waals surface area contributed by atoms with Crippen LogP contribution in [-0.4, -0.2) is 32.5 Å². The number of methoxy groups -OCH3 is 2. The molecule has 3 heterocycles. The molecule has 5 rings (SSSR count). The Balaban J connectivity index is 0.000000872. The van der Waals surface area contributed by atoms with Crippen LogP contribution in [0, 0.1) is 0 Å². The Morgan fingerprint density at radius 2 is 1.78 bits per heavy atom. The zero-order valence-electron chi connectivity index (χ0n) is 16.5. The number of rotatable bonds is 2. The van der Waals surface area contributed by atoms with E-state index in [4.69, 9.17) is 18.9 Å². The van der Waals surface area contributed by atoms with Crippen molar-refractivity contribution in [2.75, 3.05) is 27.6 Å². The summed E-state index contributed by atoms with van der Waals surface area (Å²) in [6, 6.07) is 8.89. The van der Waals surface area contributed by atoms with Gasteiger partial charge < -0.3 is 18.9 Å². The van der Waals surface area contributed by atoms with Crippen molar-refractivity contribution in [3.05, 3.63) is 46.5 Å². The minimum Gasteiger partial charge on any atom is -0.493 e. The Labute approximate surface area is 160 Å². The summed E-state index contributed by atoms with van der Waals surface area (Å²) in [6.45, 7) is 6.27. The molecule has 2 aromatic rings. The first-order chi connectivity index (χ1) is 13.3. The van der Waals surface area contributed by atoms with E-state index in [1.165, 1.54) is 22.3 Å². The molecule has 0 bridgehead atoms. The Kier molecular flexibility index (Phi) is 4.87. The summed E-state index contributed by atoms with van der Waals surface area (Å²) in [5.41, 5.74) is 5.36. The number of nitrogens with zero attached hydrogens (tertiary/aromatic N) is 1. The molecule has 0 aliphatic carbocycles. The molecule has 0 saturated carbocycles. The van der Waals surface area contributed by atoms with Crippen molar-refractivity contribution in [1.82, 2.24) is 4.90 Å². The van der Waals surface area contributed by atoms with E-state index >= 15 is 0 Å². The van der Waals surface area contributed by atoms with Gasteiger partial charge in [0, 0.05) is 24.7 Å². The van der Waals surface area contributed by atoms with E-state index in [2.05, 4.69) is 23.1 Å². The molecule has 0 saturated heterocycles. The Morgan fingerprint density at radius 3 is 2.56 bits per heavy atom. The Bertz CT molecular complexity index is 849. The average Bonchev–Trinajstić information content (AvgIpc) is 3.22. The van der Waals surface area contributed by atoms with Crippen LogP contribution in [0.4, 0.5) is 0 Å². The maximum Gasteiger partial charge on any atom is 0.231 e. The smallest absolute Gasteiger partial charge is 0.231 e. The second-order valence-corrected chi connectivity index (χ2v) is 6.78. The molecular weight excluding hydrogens is 342 g/mol. The molecule has 144 valence electrons. The third kappa shape index (κ3) is 2.90. The predicted octanol–water partition coefficient (Wildman–Crippen LogP) is 4.11. The summed E-state index contributed by atoms with van der Waals surface area (Å²) < 4.78 is 22.3. The number of ether oxygens (including phenoxy) is 4. The molecule has 0 N–H and O–H groups in total. The molecule has 0 spiro atoms. The van der Waals surface area contributed by atoms with Crippen LogP contribution in [-0.2, 0) is 19.4 Å². The van der Waals surface area contributed by atoms with Crippen LogP contribution in [0.3, 0.4) is 0 Å². The van der Waals surface area contributed by atoms with Crippen LogP contribution >= 0.6 is 0 Å². The van der Waals surface area contributed by atoms with Crippen molar-refractivity contribution in [3.8, 4) is 23.0 Å². The molecule has 5 heteroatoms. The van der Waals surface area contributed by atoms with Crippen molar-refractivity contribution in [3.63, 3.8) is 0 Å². The number of fused-ring (bicyclic) bond motifs is 6. The van der Waals surface area contributed by atoms with Gasteiger partial charge in [0.2, 0.25) is 6.79 Å². The van der Waals surface area contributed by atoms with Crippen LogP contribution in [0.2, 0.25) is 0 Å². The lowest BCUT2D eigenvalue weighted by Crippen LogP contribution is -2.39. The maximum atomic E-state index is 5.73. The summed E-state index contributed by atoms with van der Waals surface area (Å²) >= 11 is 0. The summed E-state index contributed by atoms with van der Waals surface area (Å²) in [5, 5.41) is 0. The summed E-state index contributed by atoms with van der Waals surface area (Å²) in [5.74, 6) is 3.43. The lowest BCUT2D eigenvalue weighted by Gasteiger charge is -2.41. The quantitative estimate of drug-likeness (QED) is 0.797. The minimum atomic E-state index is 0.328. The summed E-state index contributed by atoms with van der Waals surface area (Å²) in [7, 11) is 3.39. The van der Waals surface area contributed by atoms with Gasteiger partial charge in [-0.2, -0.15) is 0 Å². The van der Waals surface area contributed by atoms with Gasteiger partial charge in [-0.05, 0) is 47.7 Å². The van der Waals surface area contributed by atoms with E-state index in [1.807, 2.05) is 19.9 Å². The second kappa shape index (κ2) is 7.31. The minimum absolute atomic E-state index is 0.328. The van der Waals surface area contributed by atoms with Crippen LogP contribution < -0.4 is 18.9 Å². The molecular formula is C22H27NO4. The molecule has 1 unspecified atom stereocenters. The molecule has 3 aliphatic heterocycles. The molecule has 5 nitrogen and oxygen atoms in total. The topological polar surface area (TPSA) is 40.2 Å². The molecule has 3 aliphatic rings. The fraction of sp³-hybridized carbons (Fsp3) is 0.455. The molecule has 0 fully saturated rings. The highest BCUT2D eigenvalue weighted by atomic mass is 16.7. The molecule has 27 heavy (non-hydrogen) atoms. The van der Waals surface area contributed by atoms with Crippen molar-refractivity contribution in [2.24, 2.45) is 0 Å². The molecule has 1 atom stereocenters. The average molecular weight is 369 g/mol. The monoisotopic (exact) mass is 369 g/mol. The first kappa shape index (κ1) is 18.0. The summed E-state index contributed by atoms with van der Waals surface area (Å²) in [4.78, 5) is 2.54. The van der Waals surface area contributed by atoms with E-state index in [0.29, 0.717) is 12.8 Å². The Morgan fingerprint density at radius 1 is 1.00 bits per heavy atom. The molecule has 0 radical (unpaired) electrons. The van der Waals surface area contributed by atoms with Crippen molar-refractivity contribution < 1.29 is 18.9 Å². The van der Waals surface area contributed by atoms with Crippen LogP contribution in [0.25, 0.3) is 0 Å². The van der Waals surface area contributed by atoms with Crippen molar-refractivity contribution >= 4 is 0 Å². The van der Waals surface area contributed by atoms with E-state index in [-0.39, 0.29) is 0 Å². The van der Waals surface area contributed by atoms with E-state index in [9.17, 15) is 0 Å². The molecule has 2 aromatic carbocycles. The van der Waals surface area contributed by atoms with Gasteiger partial charge in [-0.25, -0.2) is 0 Å². The normalized spacial score (nSPS) is 19.2. The number of hydrogen-bond donors (Lipinski definition) is 0. The van der Waals surface area contributed by atoms with Gasteiger partial charge in [0.05, 0.1) is 14.2 Å². The first-order valence-electron chi connectivity index (χ1n) is 9.67. The third-order valence-corrected chi connectivity index (χ3v) is 5.63. The lowest BCUT2D eigenvalue weighted by atomic mass is 9.83. The third-order valence-electron chi connectivity index (χ3n) is 5.63. The van der Waals surface area contributed by atoms with Gasteiger partial charge in [-0.1, -0.05) is 19.9 Å². The largest absolute Gasteiger partial charge is 0.493 e. The highest BCUT2D eigenvalue weighted by molar-refractivity contribution is 5.55. The second-order valence-electron chi connectivity index (χ2n) is 6.78. The van der Waals surface area contributed by atoms with E-state index < -0.39 is 0 Å². The van der Waals surface area contributed by atoms with Gasteiger partial charge in [-0.3, -0.25) is 4.90 Å². The van der Waals surface area contributed by atoms with Crippen LogP contribution in [0.15, 0.2) is 24.3 Å². The van der Waals surface area contributed by atoms with Crippen molar-refractivity contribution in [2.45, 2.75) is 39.3 Å². The van der Waals surface area contributed by atoms with E-state index in [1.54, 1.807) is 14.2 Å². The molecule has 0 aromatic heterocycles. The zero-order valence-corrected chi connectivity index (χ0v) is 16.5. The zero-order chi connectivity index (χ0) is 19.0. The lowest BCUT2D eigenvalue weighted by molar-refractivity contribution is 0.151. The number of hydrogen-bond acceptors (Lipinski definition) is 5. The SMILES string of the molecule is CC.COc1cc2c(cc1OC)C1Cc3ccc4c(c3CN1CC2)OCO4. The van der Waals surface area contributed by atoms with Gasteiger partial charge in [0.25, 0.3) is 0 Å². The van der Waals surface area contributed by atoms with Gasteiger partial charge in [0.15, 0.2) is 23.0 Å². The van der Waals surface area contributed by atoms with Gasteiger partial charge in [-0.15, -0.1) is 0 Å². The Hall–Kier alpha value is -2.40.